The van der Waals surface area contributed by atoms with Crippen molar-refractivity contribution < 1.29 is 14.4 Å². The maximum Gasteiger partial charge on any atom is 0.276 e. The topological polar surface area (TPSA) is 119 Å². The van der Waals surface area contributed by atoms with E-state index >= 15 is 0 Å². The molecule has 4 N–H and O–H groups in total. The molecule has 1 aromatic carbocycles. The summed E-state index contributed by atoms with van der Waals surface area (Å²) in [6.45, 7) is 0. The number of aromatic nitrogens is 2. The maximum atomic E-state index is 12.3. The number of anilines is 2. The Morgan fingerprint density at radius 3 is 2.38 bits per heavy atom. The van der Waals surface area contributed by atoms with Gasteiger partial charge in [-0.2, -0.15) is 5.10 Å². The lowest BCUT2D eigenvalue weighted by Crippen LogP contribution is -2.21. The minimum Gasteiger partial charge on any atom is -0.366 e. The maximum absolute atomic E-state index is 12.3. The summed E-state index contributed by atoms with van der Waals surface area (Å²) in [6.07, 6.45) is 3.95. The van der Waals surface area contributed by atoms with Crippen LogP contribution in [0.3, 0.4) is 0 Å². The molecule has 1 saturated carbocycles. The molecular weight excluding hydrogens is 334 g/mol. The highest BCUT2D eigenvalue weighted by Crippen LogP contribution is 2.26. The van der Waals surface area contributed by atoms with Crippen LogP contribution < -0.4 is 16.4 Å². The highest BCUT2D eigenvalue weighted by atomic mass is 16.2. The molecule has 0 saturated heterocycles. The smallest absolute Gasteiger partial charge is 0.276 e. The fourth-order valence-electron chi connectivity index (χ4n) is 3.02. The zero-order chi connectivity index (χ0) is 18.7. The molecule has 1 aromatic heterocycles. The lowest BCUT2D eigenvalue weighted by Gasteiger charge is -2.09. The first-order valence-corrected chi connectivity index (χ1v) is 8.50. The summed E-state index contributed by atoms with van der Waals surface area (Å²) in [4.78, 5) is 35.6. The molecule has 0 unspecified atom stereocenters. The van der Waals surface area contributed by atoms with Gasteiger partial charge in [0.2, 0.25) is 11.8 Å². The Bertz CT molecular complexity index is 835. The van der Waals surface area contributed by atoms with Crippen molar-refractivity contribution in [3.8, 4) is 0 Å². The third-order valence-electron chi connectivity index (χ3n) is 4.52. The number of nitrogens with zero attached hydrogens (tertiary/aromatic N) is 2. The Kier molecular flexibility index (Phi) is 5.01. The summed E-state index contributed by atoms with van der Waals surface area (Å²) in [5.74, 6) is -0.453. The predicted octanol–water partition coefficient (Wildman–Crippen LogP) is 1.90. The number of primary amides is 1. The van der Waals surface area contributed by atoms with Gasteiger partial charge in [-0.3, -0.25) is 19.1 Å². The summed E-state index contributed by atoms with van der Waals surface area (Å²) in [5.41, 5.74) is 6.25. The second-order valence-electron chi connectivity index (χ2n) is 6.40. The third kappa shape index (κ3) is 3.90. The molecule has 1 aliphatic carbocycles. The van der Waals surface area contributed by atoms with E-state index in [0.29, 0.717) is 17.1 Å². The van der Waals surface area contributed by atoms with E-state index in [1.54, 1.807) is 25.2 Å². The van der Waals surface area contributed by atoms with Crippen LogP contribution in [-0.2, 0) is 11.8 Å². The van der Waals surface area contributed by atoms with E-state index in [1.807, 2.05) is 0 Å². The fourth-order valence-corrected chi connectivity index (χ4v) is 3.02. The van der Waals surface area contributed by atoms with Crippen molar-refractivity contribution in [2.24, 2.45) is 18.7 Å². The first-order chi connectivity index (χ1) is 12.4. The average Bonchev–Trinajstić information content (AvgIpc) is 3.26. The molecule has 136 valence electrons. The first-order valence-electron chi connectivity index (χ1n) is 8.50. The van der Waals surface area contributed by atoms with Crippen LogP contribution in [0.1, 0.15) is 46.5 Å². The van der Waals surface area contributed by atoms with E-state index in [4.69, 9.17) is 5.73 Å². The Morgan fingerprint density at radius 2 is 1.77 bits per heavy atom. The lowest BCUT2D eigenvalue weighted by atomic mass is 10.1. The number of hydrogen-bond acceptors (Lipinski definition) is 4. The van der Waals surface area contributed by atoms with Crippen LogP contribution in [0.2, 0.25) is 0 Å². The molecule has 3 amide bonds. The normalized spacial score (nSPS) is 14.2. The van der Waals surface area contributed by atoms with Gasteiger partial charge < -0.3 is 16.4 Å². The zero-order valence-electron chi connectivity index (χ0n) is 14.5. The van der Waals surface area contributed by atoms with Gasteiger partial charge in [-0.1, -0.05) is 12.8 Å². The van der Waals surface area contributed by atoms with Crippen molar-refractivity contribution in [3.63, 3.8) is 0 Å². The largest absolute Gasteiger partial charge is 0.366 e. The van der Waals surface area contributed by atoms with Crippen molar-refractivity contribution in [1.29, 1.82) is 0 Å². The lowest BCUT2D eigenvalue weighted by molar-refractivity contribution is -0.119. The van der Waals surface area contributed by atoms with Gasteiger partial charge in [0.05, 0.1) is 0 Å². The van der Waals surface area contributed by atoms with Crippen molar-refractivity contribution in [2.75, 3.05) is 10.6 Å². The number of hydrogen-bond donors (Lipinski definition) is 3. The Hall–Kier alpha value is -3.16. The molecule has 1 aliphatic rings. The second-order valence-corrected chi connectivity index (χ2v) is 6.40. The number of nitrogens with one attached hydrogen (secondary N) is 2. The van der Waals surface area contributed by atoms with Gasteiger partial charge in [0, 0.05) is 30.3 Å². The highest BCUT2D eigenvalue weighted by Gasteiger charge is 2.24. The van der Waals surface area contributed by atoms with Crippen LogP contribution >= 0.6 is 0 Å². The summed E-state index contributed by atoms with van der Waals surface area (Å²) in [5, 5.41) is 9.68. The number of benzene rings is 1. The number of aryl methyl sites for hydroxylation is 1. The molecular formula is C18H21N5O3. The van der Waals surface area contributed by atoms with Gasteiger partial charge >= 0.3 is 0 Å². The summed E-state index contributed by atoms with van der Waals surface area (Å²) in [6, 6.07) is 7.78. The van der Waals surface area contributed by atoms with E-state index in [1.165, 1.54) is 16.8 Å². The fraction of sp³-hybridized carbons (Fsp3) is 0.333. The van der Waals surface area contributed by atoms with E-state index in [-0.39, 0.29) is 17.5 Å². The minimum atomic E-state index is -0.532. The van der Waals surface area contributed by atoms with Crippen LogP contribution in [0.5, 0.6) is 0 Å². The van der Waals surface area contributed by atoms with E-state index < -0.39 is 11.8 Å². The number of amides is 3. The van der Waals surface area contributed by atoms with E-state index in [9.17, 15) is 14.4 Å². The SMILES string of the molecule is Cn1nc(C(=O)Nc2ccc(C(N)=O)cc2)cc1NC(=O)C1CCCC1. The molecule has 0 radical (unpaired) electrons. The third-order valence-corrected chi connectivity index (χ3v) is 4.52. The molecule has 0 spiro atoms. The molecule has 0 bridgehead atoms. The molecule has 1 heterocycles. The summed E-state index contributed by atoms with van der Waals surface area (Å²) < 4.78 is 1.47. The monoisotopic (exact) mass is 355 g/mol. The van der Waals surface area contributed by atoms with Gasteiger partial charge in [-0.15, -0.1) is 0 Å². The van der Waals surface area contributed by atoms with E-state index in [2.05, 4.69) is 15.7 Å². The van der Waals surface area contributed by atoms with Gasteiger partial charge in [-0.25, -0.2) is 0 Å². The highest BCUT2D eigenvalue weighted by molar-refractivity contribution is 6.04. The van der Waals surface area contributed by atoms with Gasteiger partial charge in [0.25, 0.3) is 5.91 Å². The standard InChI is InChI=1S/C18H21N5O3/c1-23-15(21-17(25)12-4-2-3-5-12)10-14(22-23)18(26)20-13-8-6-11(7-9-13)16(19)24/h6-10,12H,2-5H2,1H3,(H2,19,24)(H,20,26)(H,21,25). The molecule has 2 aromatic rings. The van der Waals surface area contributed by atoms with Crippen LogP contribution in [0, 0.1) is 5.92 Å². The van der Waals surface area contributed by atoms with E-state index in [0.717, 1.165) is 25.7 Å². The second kappa shape index (κ2) is 7.38. The Balaban J connectivity index is 1.66. The van der Waals surface area contributed by atoms with Crippen LogP contribution in [0.25, 0.3) is 0 Å². The van der Waals surface area contributed by atoms with Crippen molar-refractivity contribution in [2.45, 2.75) is 25.7 Å². The Labute approximate surface area is 150 Å². The molecule has 3 rings (SSSR count). The minimum absolute atomic E-state index is 0.0282. The molecule has 8 nitrogen and oxygen atoms in total. The van der Waals surface area contributed by atoms with Gasteiger partial charge in [0.15, 0.2) is 5.69 Å². The van der Waals surface area contributed by atoms with Crippen molar-refractivity contribution in [3.05, 3.63) is 41.6 Å². The number of rotatable bonds is 5. The molecule has 8 heteroatoms. The summed E-state index contributed by atoms with van der Waals surface area (Å²) >= 11 is 0. The van der Waals surface area contributed by atoms with Crippen LogP contribution in [0.15, 0.2) is 30.3 Å². The number of nitrogens with two attached hydrogens (primary N) is 1. The zero-order valence-corrected chi connectivity index (χ0v) is 14.5. The van der Waals surface area contributed by atoms with Gasteiger partial charge in [-0.05, 0) is 37.1 Å². The Morgan fingerprint density at radius 1 is 1.12 bits per heavy atom. The summed E-state index contributed by atoms with van der Waals surface area (Å²) in [7, 11) is 1.67. The van der Waals surface area contributed by atoms with Crippen molar-refractivity contribution in [1.82, 2.24) is 9.78 Å². The molecule has 26 heavy (non-hydrogen) atoms. The quantitative estimate of drug-likeness (QED) is 0.759. The molecule has 1 fully saturated rings. The first kappa shape index (κ1) is 17.7. The molecule has 0 aliphatic heterocycles. The number of carbonyl (C=O) groups is 3. The van der Waals surface area contributed by atoms with Gasteiger partial charge in [0.1, 0.15) is 5.82 Å². The predicted molar refractivity (Wildman–Crippen MR) is 96.7 cm³/mol. The van der Waals surface area contributed by atoms with Crippen LogP contribution in [0.4, 0.5) is 11.5 Å². The van der Waals surface area contributed by atoms with Crippen molar-refractivity contribution >= 4 is 29.2 Å². The molecule has 0 atom stereocenters. The number of carbonyl (C=O) groups excluding carboxylic acids is 3. The average molecular weight is 355 g/mol. The van der Waals surface area contributed by atoms with Crippen LogP contribution in [-0.4, -0.2) is 27.5 Å².